The molecular formula is C25H37N3O5. The fourth-order valence-electron chi connectivity index (χ4n) is 4.60. The van der Waals surface area contributed by atoms with Crippen LogP contribution in [0.5, 0.6) is 5.75 Å². The van der Waals surface area contributed by atoms with Gasteiger partial charge in [-0.05, 0) is 57.2 Å². The van der Waals surface area contributed by atoms with Gasteiger partial charge in [-0.1, -0.05) is 31.4 Å². The zero-order chi connectivity index (χ0) is 23.8. The van der Waals surface area contributed by atoms with E-state index >= 15 is 0 Å². The Kier molecular flexibility index (Phi) is 9.11. The van der Waals surface area contributed by atoms with Crippen molar-refractivity contribution < 1.29 is 23.9 Å². The average molecular weight is 460 g/mol. The van der Waals surface area contributed by atoms with Crippen LogP contribution in [0.3, 0.4) is 0 Å². The number of nitrogens with zero attached hydrogens (tertiary/aromatic N) is 1. The van der Waals surface area contributed by atoms with Crippen LogP contribution in [0.4, 0.5) is 0 Å². The van der Waals surface area contributed by atoms with Crippen LogP contribution in [0.1, 0.15) is 70.4 Å². The number of carbonyl (C=O) groups is 3. The van der Waals surface area contributed by atoms with Crippen molar-refractivity contribution in [1.29, 1.82) is 0 Å². The predicted molar refractivity (Wildman–Crippen MR) is 125 cm³/mol. The zero-order valence-electron chi connectivity index (χ0n) is 20.0. The van der Waals surface area contributed by atoms with E-state index in [2.05, 4.69) is 10.6 Å². The topological polar surface area (TPSA) is 97.0 Å². The first-order valence-corrected chi connectivity index (χ1v) is 12.1. The van der Waals surface area contributed by atoms with Gasteiger partial charge in [0.15, 0.2) is 0 Å². The molecule has 1 aromatic carbocycles. The predicted octanol–water partition coefficient (Wildman–Crippen LogP) is 2.72. The van der Waals surface area contributed by atoms with Gasteiger partial charge in [0.05, 0.1) is 13.2 Å². The third-order valence-electron chi connectivity index (χ3n) is 6.41. The maximum absolute atomic E-state index is 13.4. The smallest absolute Gasteiger partial charge is 0.313 e. The molecule has 2 atom stereocenters. The molecule has 2 fully saturated rings. The fourth-order valence-corrected chi connectivity index (χ4v) is 4.60. The Balaban J connectivity index is 1.82. The van der Waals surface area contributed by atoms with E-state index in [1.54, 1.807) is 31.4 Å². The Morgan fingerprint density at radius 2 is 1.76 bits per heavy atom. The van der Waals surface area contributed by atoms with Crippen molar-refractivity contribution in [3.8, 4) is 5.75 Å². The van der Waals surface area contributed by atoms with Gasteiger partial charge in [0.1, 0.15) is 11.8 Å². The molecule has 3 rings (SSSR count). The average Bonchev–Trinajstić information content (AvgIpc) is 3.35. The summed E-state index contributed by atoms with van der Waals surface area (Å²) < 4.78 is 10.9. The molecule has 0 aromatic heterocycles. The van der Waals surface area contributed by atoms with Crippen LogP contribution < -0.4 is 15.4 Å². The summed E-state index contributed by atoms with van der Waals surface area (Å²) in [6.45, 7) is 4.70. The second kappa shape index (κ2) is 12.0. The van der Waals surface area contributed by atoms with Crippen LogP contribution in [0.2, 0.25) is 0 Å². The number of methoxy groups -OCH3 is 1. The van der Waals surface area contributed by atoms with Crippen molar-refractivity contribution in [2.45, 2.75) is 83.0 Å². The van der Waals surface area contributed by atoms with Gasteiger partial charge in [0.25, 0.3) is 0 Å². The minimum Gasteiger partial charge on any atom is -0.497 e. The summed E-state index contributed by atoms with van der Waals surface area (Å²) in [7, 11) is 1.57. The van der Waals surface area contributed by atoms with E-state index in [-0.39, 0.29) is 24.1 Å². The van der Waals surface area contributed by atoms with Crippen molar-refractivity contribution in [3.05, 3.63) is 29.8 Å². The third kappa shape index (κ3) is 6.69. The summed E-state index contributed by atoms with van der Waals surface area (Å²) in [5, 5.41) is 5.83. The SMILES string of the molecule is COc1ccc(C(C(=O)NCC2CCCO2)N(C(=O)C(=O)NC2CCCCC2)C(C)C)cc1. The van der Waals surface area contributed by atoms with E-state index in [1.807, 2.05) is 13.8 Å². The molecule has 3 amide bonds. The highest BCUT2D eigenvalue weighted by atomic mass is 16.5. The third-order valence-corrected chi connectivity index (χ3v) is 6.41. The van der Waals surface area contributed by atoms with Crippen LogP contribution >= 0.6 is 0 Å². The standard InChI is InChI=1S/C25H37N3O5/c1-17(2)28(25(31)24(30)27-19-8-5-4-6-9-19)22(18-11-13-20(32-3)14-12-18)23(29)26-16-21-10-7-15-33-21/h11-14,17,19,21-22H,4-10,15-16H2,1-3H3,(H,26,29)(H,27,30). The monoisotopic (exact) mass is 459 g/mol. The summed E-state index contributed by atoms with van der Waals surface area (Å²) in [6, 6.07) is 5.73. The molecule has 1 saturated carbocycles. The minimum atomic E-state index is -0.943. The number of hydrogen-bond donors (Lipinski definition) is 2. The number of carbonyl (C=O) groups excluding carboxylic acids is 3. The van der Waals surface area contributed by atoms with Gasteiger partial charge >= 0.3 is 11.8 Å². The first-order chi connectivity index (χ1) is 15.9. The highest BCUT2D eigenvalue weighted by Gasteiger charge is 2.37. The molecule has 2 unspecified atom stereocenters. The van der Waals surface area contributed by atoms with E-state index < -0.39 is 17.9 Å². The van der Waals surface area contributed by atoms with Gasteiger partial charge in [-0.3, -0.25) is 14.4 Å². The van der Waals surface area contributed by atoms with Gasteiger partial charge in [-0.15, -0.1) is 0 Å². The summed E-state index contributed by atoms with van der Waals surface area (Å²) in [6.07, 6.45) is 6.85. The van der Waals surface area contributed by atoms with Gasteiger partial charge in [0.2, 0.25) is 5.91 Å². The highest BCUT2D eigenvalue weighted by Crippen LogP contribution is 2.27. The molecule has 8 nitrogen and oxygen atoms in total. The van der Waals surface area contributed by atoms with Gasteiger partial charge in [-0.2, -0.15) is 0 Å². The van der Waals surface area contributed by atoms with Crippen LogP contribution in [0, 0.1) is 0 Å². The minimum absolute atomic E-state index is 0.0111. The molecule has 0 spiro atoms. The lowest BCUT2D eigenvalue weighted by Gasteiger charge is -2.35. The molecule has 0 bridgehead atoms. The maximum Gasteiger partial charge on any atom is 0.313 e. The lowest BCUT2D eigenvalue weighted by atomic mass is 9.95. The lowest BCUT2D eigenvalue weighted by Crippen LogP contribution is -2.53. The van der Waals surface area contributed by atoms with E-state index in [4.69, 9.17) is 9.47 Å². The van der Waals surface area contributed by atoms with Crippen molar-refractivity contribution >= 4 is 17.7 Å². The molecule has 1 aliphatic carbocycles. The van der Waals surface area contributed by atoms with Gasteiger partial charge in [0, 0.05) is 25.2 Å². The number of ether oxygens (including phenoxy) is 2. The first-order valence-electron chi connectivity index (χ1n) is 12.1. The van der Waals surface area contributed by atoms with Crippen molar-refractivity contribution in [2.75, 3.05) is 20.3 Å². The quantitative estimate of drug-likeness (QED) is 0.583. The fraction of sp³-hybridized carbons (Fsp3) is 0.640. The Hall–Kier alpha value is -2.61. The van der Waals surface area contributed by atoms with E-state index in [0.29, 0.717) is 24.5 Å². The summed E-state index contributed by atoms with van der Waals surface area (Å²) in [5.41, 5.74) is 0.619. The largest absolute Gasteiger partial charge is 0.497 e. The van der Waals surface area contributed by atoms with Crippen LogP contribution in [0.25, 0.3) is 0 Å². The Morgan fingerprint density at radius 3 is 2.33 bits per heavy atom. The van der Waals surface area contributed by atoms with Crippen molar-refractivity contribution in [3.63, 3.8) is 0 Å². The van der Waals surface area contributed by atoms with E-state index in [9.17, 15) is 14.4 Å². The molecule has 1 heterocycles. The highest BCUT2D eigenvalue weighted by molar-refractivity contribution is 6.35. The molecular weight excluding hydrogens is 422 g/mol. The maximum atomic E-state index is 13.4. The Morgan fingerprint density at radius 1 is 1.06 bits per heavy atom. The first kappa shape index (κ1) is 25.0. The summed E-state index contributed by atoms with van der Waals surface area (Å²) in [4.78, 5) is 41.0. The lowest BCUT2D eigenvalue weighted by molar-refractivity contribution is -0.152. The second-order valence-corrected chi connectivity index (χ2v) is 9.17. The molecule has 182 valence electrons. The molecule has 0 radical (unpaired) electrons. The number of amides is 3. The van der Waals surface area contributed by atoms with E-state index in [1.165, 1.54) is 4.90 Å². The van der Waals surface area contributed by atoms with E-state index in [0.717, 1.165) is 44.9 Å². The number of benzene rings is 1. The Labute approximate surface area is 196 Å². The normalized spacial score (nSPS) is 19.7. The van der Waals surface area contributed by atoms with Crippen LogP contribution in [-0.4, -0.2) is 61.1 Å². The summed E-state index contributed by atoms with van der Waals surface area (Å²) >= 11 is 0. The number of hydrogen-bond acceptors (Lipinski definition) is 5. The van der Waals surface area contributed by atoms with Gasteiger partial charge < -0.3 is 25.0 Å². The number of nitrogens with one attached hydrogen (secondary N) is 2. The van der Waals surface area contributed by atoms with Crippen LogP contribution in [0.15, 0.2) is 24.3 Å². The molecule has 8 heteroatoms. The van der Waals surface area contributed by atoms with Crippen LogP contribution in [-0.2, 0) is 19.1 Å². The molecule has 1 aromatic rings. The summed E-state index contributed by atoms with van der Waals surface area (Å²) in [5.74, 6) is -1.03. The molecule has 2 N–H and O–H groups in total. The molecule has 1 aliphatic heterocycles. The number of rotatable bonds is 8. The molecule has 33 heavy (non-hydrogen) atoms. The molecule has 2 aliphatic rings. The van der Waals surface area contributed by atoms with Crippen molar-refractivity contribution in [1.82, 2.24) is 15.5 Å². The molecule has 1 saturated heterocycles. The van der Waals surface area contributed by atoms with Gasteiger partial charge in [-0.25, -0.2) is 0 Å². The Bertz CT molecular complexity index is 799. The van der Waals surface area contributed by atoms with Crippen molar-refractivity contribution in [2.24, 2.45) is 0 Å². The second-order valence-electron chi connectivity index (χ2n) is 9.17. The zero-order valence-corrected chi connectivity index (χ0v) is 20.0.